The van der Waals surface area contributed by atoms with E-state index >= 15 is 0 Å². The van der Waals surface area contributed by atoms with Gasteiger partial charge in [-0.1, -0.05) is 22.0 Å². The fourth-order valence-corrected chi connectivity index (χ4v) is 2.75. The van der Waals surface area contributed by atoms with Gasteiger partial charge in [-0.3, -0.25) is 9.59 Å². The highest BCUT2D eigenvalue weighted by atomic mass is 79.9. The minimum absolute atomic E-state index is 0.107. The van der Waals surface area contributed by atoms with Gasteiger partial charge in [-0.25, -0.2) is 4.31 Å². The molecule has 0 atom stereocenters. The van der Waals surface area contributed by atoms with E-state index in [1.807, 2.05) is 24.3 Å². The van der Waals surface area contributed by atoms with Crippen LogP contribution in [0, 0.1) is 0 Å². The molecule has 1 aromatic rings. The molecular weight excluding hydrogens is 278 g/mol. The molecule has 3 nitrogen and oxygen atoms in total. The molecule has 5 heteroatoms. The van der Waals surface area contributed by atoms with Crippen LogP contribution < -0.4 is 0 Å². The van der Waals surface area contributed by atoms with E-state index in [0.717, 1.165) is 9.37 Å². The van der Waals surface area contributed by atoms with Crippen molar-refractivity contribution < 1.29 is 9.59 Å². The van der Waals surface area contributed by atoms with Gasteiger partial charge in [-0.15, -0.1) is 0 Å². The second-order valence-corrected chi connectivity index (χ2v) is 5.07. The van der Waals surface area contributed by atoms with E-state index < -0.39 is 0 Å². The van der Waals surface area contributed by atoms with Gasteiger partial charge in [0.2, 0.25) is 11.8 Å². The summed E-state index contributed by atoms with van der Waals surface area (Å²) in [4.78, 5) is 23.6. The Morgan fingerprint density at radius 1 is 1.20 bits per heavy atom. The van der Waals surface area contributed by atoms with Crippen LogP contribution in [0.15, 0.2) is 33.6 Å². The zero-order valence-electron chi connectivity index (χ0n) is 7.77. The van der Waals surface area contributed by atoms with Crippen LogP contribution >= 0.6 is 27.9 Å². The molecule has 78 valence electrons. The van der Waals surface area contributed by atoms with Crippen LogP contribution in [-0.2, 0) is 9.59 Å². The summed E-state index contributed by atoms with van der Waals surface area (Å²) in [5.74, 6) is -0.213. The minimum Gasteiger partial charge on any atom is -0.273 e. The highest BCUT2D eigenvalue weighted by molar-refractivity contribution is 9.10. The van der Waals surface area contributed by atoms with Crippen molar-refractivity contribution in [2.75, 3.05) is 0 Å². The summed E-state index contributed by atoms with van der Waals surface area (Å²) < 4.78 is 2.17. The van der Waals surface area contributed by atoms with E-state index in [1.165, 1.54) is 16.3 Å². The van der Waals surface area contributed by atoms with Gasteiger partial charge in [0.05, 0.1) is 0 Å². The van der Waals surface area contributed by atoms with Gasteiger partial charge in [0.25, 0.3) is 0 Å². The number of benzene rings is 1. The third-order valence-electron chi connectivity index (χ3n) is 2.00. The van der Waals surface area contributed by atoms with Crippen molar-refractivity contribution in [3.05, 3.63) is 28.7 Å². The zero-order chi connectivity index (χ0) is 10.8. The molecule has 1 saturated heterocycles. The first-order chi connectivity index (χ1) is 7.16. The molecule has 0 radical (unpaired) electrons. The quantitative estimate of drug-likeness (QED) is 0.619. The van der Waals surface area contributed by atoms with E-state index in [2.05, 4.69) is 15.9 Å². The minimum atomic E-state index is -0.107. The molecule has 0 saturated carbocycles. The van der Waals surface area contributed by atoms with Crippen molar-refractivity contribution in [3.8, 4) is 0 Å². The van der Waals surface area contributed by atoms with Crippen LogP contribution in [-0.4, -0.2) is 16.1 Å². The Bertz CT molecular complexity index is 406. The van der Waals surface area contributed by atoms with Crippen molar-refractivity contribution in [2.24, 2.45) is 0 Å². The summed E-state index contributed by atoms with van der Waals surface area (Å²) in [7, 11) is 0. The standard InChI is InChI=1S/C10H8BrNO2S/c11-7-2-1-3-8(6-7)15-12-9(13)4-5-10(12)14/h1-3,6H,4-5H2. The molecule has 1 aliphatic heterocycles. The predicted octanol–water partition coefficient (Wildman–Crippen LogP) is 2.61. The van der Waals surface area contributed by atoms with Gasteiger partial charge in [-0.2, -0.15) is 0 Å². The van der Waals surface area contributed by atoms with E-state index in [0.29, 0.717) is 12.8 Å². The van der Waals surface area contributed by atoms with Gasteiger partial charge >= 0.3 is 0 Å². The van der Waals surface area contributed by atoms with E-state index in [4.69, 9.17) is 0 Å². The van der Waals surface area contributed by atoms with Crippen molar-refractivity contribution in [3.63, 3.8) is 0 Å². The Labute approximate surface area is 100 Å². The van der Waals surface area contributed by atoms with Gasteiger partial charge in [-0.05, 0) is 30.1 Å². The molecule has 0 N–H and O–H groups in total. The van der Waals surface area contributed by atoms with Crippen LogP contribution in [0.5, 0.6) is 0 Å². The van der Waals surface area contributed by atoms with Crippen LogP contribution in [0.4, 0.5) is 0 Å². The zero-order valence-corrected chi connectivity index (χ0v) is 10.2. The summed E-state index contributed by atoms with van der Waals surface area (Å²) in [5, 5.41) is 0. The lowest BCUT2D eigenvalue weighted by Crippen LogP contribution is -2.20. The summed E-state index contributed by atoms with van der Waals surface area (Å²) >= 11 is 4.53. The fourth-order valence-electron chi connectivity index (χ4n) is 1.29. The first-order valence-corrected chi connectivity index (χ1v) is 6.03. The number of hydrogen-bond donors (Lipinski definition) is 0. The number of carbonyl (C=O) groups is 2. The van der Waals surface area contributed by atoms with E-state index in [-0.39, 0.29) is 11.8 Å². The average molecular weight is 286 g/mol. The summed E-state index contributed by atoms with van der Waals surface area (Å²) in [6, 6.07) is 7.52. The Morgan fingerprint density at radius 2 is 1.87 bits per heavy atom. The Kier molecular flexibility index (Phi) is 3.11. The molecule has 0 spiro atoms. The fraction of sp³-hybridized carbons (Fsp3) is 0.200. The topological polar surface area (TPSA) is 37.4 Å². The molecule has 0 bridgehead atoms. The summed E-state index contributed by atoms with van der Waals surface area (Å²) in [6.07, 6.45) is 0.666. The molecule has 0 unspecified atom stereocenters. The van der Waals surface area contributed by atoms with Crippen LogP contribution in [0.3, 0.4) is 0 Å². The van der Waals surface area contributed by atoms with E-state index in [1.54, 1.807) is 0 Å². The Balaban J connectivity index is 2.15. The van der Waals surface area contributed by atoms with Crippen LogP contribution in [0.1, 0.15) is 12.8 Å². The number of hydrogen-bond acceptors (Lipinski definition) is 3. The molecule has 2 rings (SSSR count). The maximum absolute atomic E-state index is 11.3. The molecule has 1 aromatic carbocycles. The number of carbonyl (C=O) groups excluding carboxylic acids is 2. The number of halogens is 1. The lowest BCUT2D eigenvalue weighted by Gasteiger charge is -2.11. The monoisotopic (exact) mass is 285 g/mol. The predicted molar refractivity (Wildman–Crippen MR) is 61.1 cm³/mol. The number of nitrogens with zero attached hydrogens (tertiary/aromatic N) is 1. The molecule has 15 heavy (non-hydrogen) atoms. The lowest BCUT2D eigenvalue weighted by molar-refractivity contribution is -0.131. The number of imide groups is 1. The normalized spacial score (nSPS) is 16.2. The first kappa shape index (κ1) is 10.7. The van der Waals surface area contributed by atoms with Crippen molar-refractivity contribution in [2.45, 2.75) is 17.7 Å². The largest absolute Gasteiger partial charge is 0.273 e. The van der Waals surface area contributed by atoms with Crippen LogP contribution in [0.25, 0.3) is 0 Å². The SMILES string of the molecule is O=C1CCC(=O)N1Sc1cccc(Br)c1. The van der Waals surface area contributed by atoms with Crippen LogP contribution in [0.2, 0.25) is 0 Å². The second-order valence-electron chi connectivity index (χ2n) is 3.13. The number of amides is 2. The molecule has 0 aliphatic carbocycles. The maximum atomic E-state index is 11.3. The molecule has 1 fully saturated rings. The lowest BCUT2D eigenvalue weighted by atomic mass is 10.4. The Hall–Kier alpha value is -0.810. The molecule has 1 heterocycles. The molecule has 0 aromatic heterocycles. The van der Waals surface area contributed by atoms with Crippen molar-refractivity contribution in [1.82, 2.24) is 4.31 Å². The van der Waals surface area contributed by atoms with Crippen molar-refractivity contribution >= 4 is 39.7 Å². The highest BCUT2D eigenvalue weighted by Crippen LogP contribution is 2.29. The molecule has 2 amide bonds. The summed E-state index contributed by atoms with van der Waals surface area (Å²) in [5.41, 5.74) is 0. The first-order valence-electron chi connectivity index (χ1n) is 4.46. The third kappa shape index (κ3) is 2.41. The van der Waals surface area contributed by atoms with Gasteiger partial charge < -0.3 is 0 Å². The van der Waals surface area contributed by atoms with E-state index in [9.17, 15) is 9.59 Å². The molecular formula is C10H8BrNO2S. The second kappa shape index (κ2) is 4.37. The van der Waals surface area contributed by atoms with Gasteiger partial charge in [0, 0.05) is 22.2 Å². The smallest absolute Gasteiger partial charge is 0.240 e. The maximum Gasteiger partial charge on any atom is 0.240 e. The number of rotatable bonds is 2. The third-order valence-corrected chi connectivity index (χ3v) is 3.55. The highest BCUT2D eigenvalue weighted by Gasteiger charge is 2.29. The van der Waals surface area contributed by atoms with Gasteiger partial charge in [0.15, 0.2) is 0 Å². The Morgan fingerprint density at radius 3 is 2.47 bits per heavy atom. The summed E-state index contributed by atoms with van der Waals surface area (Å²) in [6.45, 7) is 0. The average Bonchev–Trinajstić information content (AvgIpc) is 2.50. The van der Waals surface area contributed by atoms with Crippen molar-refractivity contribution in [1.29, 1.82) is 0 Å². The van der Waals surface area contributed by atoms with Gasteiger partial charge in [0.1, 0.15) is 0 Å². The molecule has 1 aliphatic rings.